The summed E-state index contributed by atoms with van der Waals surface area (Å²) in [5.74, 6) is -0.568. The average Bonchev–Trinajstić information content (AvgIpc) is 2.37. The van der Waals surface area contributed by atoms with E-state index in [0.29, 0.717) is 6.42 Å². The molecule has 1 unspecified atom stereocenters. The van der Waals surface area contributed by atoms with Crippen LogP contribution in [0.5, 0.6) is 0 Å². The molecule has 1 aromatic rings. The maximum Gasteiger partial charge on any atom is 0.249 e. The van der Waals surface area contributed by atoms with Crippen LogP contribution >= 0.6 is 15.9 Å². The van der Waals surface area contributed by atoms with Crippen LogP contribution in [-0.2, 0) is 9.59 Å². The van der Waals surface area contributed by atoms with Crippen LogP contribution in [0.4, 0.5) is 5.69 Å². The molecule has 2 rings (SSSR count). The topological polar surface area (TPSA) is 69.6 Å². The number of imide groups is 1. The van der Waals surface area contributed by atoms with Gasteiger partial charge in [0.15, 0.2) is 0 Å². The van der Waals surface area contributed by atoms with Crippen LogP contribution in [-0.4, -0.2) is 29.5 Å². The Morgan fingerprint density at radius 2 is 2.20 bits per heavy atom. The molecule has 1 aliphatic heterocycles. The van der Waals surface area contributed by atoms with E-state index in [1.54, 1.807) is 17.9 Å². The van der Waals surface area contributed by atoms with Gasteiger partial charge < -0.3 is 10.0 Å². The first kappa shape index (κ1) is 15.0. The quantitative estimate of drug-likeness (QED) is 0.822. The molecule has 2 amide bonds. The highest BCUT2D eigenvalue weighted by atomic mass is 79.9. The molecule has 6 heteroatoms. The Morgan fingerprint density at radius 1 is 1.50 bits per heavy atom. The minimum absolute atomic E-state index is 0.150. The summed E-state index contributed by atoms with van der Waals surface area (Å²) in [7, 11) is 0. The van der Waals surface area contributed by atoms with Crippen molar-refractivity contribution in [2.45, 2.75) is 32.4 Å². The first-order chi connectivity index (χ1) is 9.43. The van der Waals surface area contributed by atoms with Crippen LogP contribution < -0.4 is 10.2 Å². The fourth-order valence-electron chi connectivity index (χ4n) is 2.34. The smallest absolute Gasteiger partial charge is 0.249 e. The molecule has 0 saturated carbocycles. The summed E-state index contributed by atoms with van der Waals surface area (Å²) in [6, 6.07) is 5.07. The molecule has 2 atom stereocenters. The molecule has 1 heterocycles. The number of carbonyl (C=O) groups is 2. The number of rotatable bonds is 3. The number of nitrogens with zero attached hydrogens (tertiary/aromatic N) is 1. The Kier molecular flexibility index (Phi) is 4.45. The van der Waals surface area contributed by atoms with E-state index in [4.69, 9.17) is 0 Å². The van der Waals surface area contributed by atoms with E-state index in [1.807, 2.05) is 19.1 Å². The van der Waals surface area contributed by atoms with E-state index in [1.165, 1.54) is 0 Å². The van der Waals surface area contributed by atoms with Gasteiger partial charge in [0.05, 0.1) is 18.3 Å². The Hall–Kier alpha value is -1.40. The number of nitrogens with one attached hydrogen (secondary N) is 1. The fraction of sp³-hybridized carbons (Fsp3) is 0.429. The number of carbonyl (C=O) groups excluding carboxylic acids is 2. The molecule has 0 radical (unpaired) electrons. The van der Waals surface area contributed by atoms with Crippen molar-refractivity contribution in [3.63, 3.8) is 0 Å². The summed E-state index contributed by atoms with van der Waals surface area (Å²) in [5.41, 5.74) is 1.56. The van der Waals surface area contributed by atoms with Gasteiger partial charge in [-0.2, -0.15) is 0 Å². The number of benzene rings is 1. The SMILES string of the molecule is CCC1C(=O)NC(=O)CN1c1ccc([C@@H](C)O)cc1Br. The lowest BCUT2D eigenvalue weighted by atomic mass is 10.1. The molecule has 0 bridgehead atoms. The molecule has 1 aromatic carbocycles. The van der Waals surface area contributed by atoms with Crippen LogP contribution in [0, 0.1) is 0 Å². The van der Waals surface area contributed by atoms with Crippen molar-refractivity contribution >= 4 is 33.4 Å². The van der Waals surface area contributed by atoms with Gasteiger partial charge in [-0.05, 0) is 47.0 Å². The summed E-state index contributed by atoms with van der Waals surface area (Å²) in [6.07, 6.45) is 0.0533. The zero-order chi connectivity index (χ0) is 14.9. The second kappa shape index (κ2) is 5.93. The highest BCUT2D eigenvalue weighted by Crippen LogP contribution is 2.31. The number of anilines is 1. The Morgan fingerprint density at radius 3 is 2.75 bits per heavy atom. The van der Waals surface area contributed by atoms with Crippen molar-refractivity contribution in [2.24, 2.45) is 0 Å². The van der Waals surface area contributed by atoms with E-state index < -0.39 is 6.10 Å². The van der Waals surface area contributed by atoms with E-state index in [0.717, 1.165) is 15.7 Å². The van der Waals surface area contributed by atoms with Crippen LogP contribution in [0.1, 0.15) is 31.9 Å². The molecule has 0 aromatic heterocycles. The Bertz CT molecular complexity index is 545. The van der Waals surface area contributed by atoms with Crippen molar-refractivity contribution in [3.05, 3.63) is 28.2 Å². The minimum atomic E-state index is -0.561. The first-order valence-electron chi connectivity index (χ1n) is 6.52. The third-order valence-corrected chi connectivity index (χ3v) is 4.04. The van der Waals surface area contributed by atoms with Gasteiger partial charge >= 0.3 is 0 Å². The zero-order valence-corrected chi connectivity index (χ0v) is 13.0. The number of hydrogen-bond donors (Lipinski definition) is 2. The standard InChI is InChI=1S/C14H17BrN2O3/c1-3-11-14(20)16-13(19)7-17(11)12-5-4-9(8(2)18)6-10(12)15/h4-6,8,11,18H,3,7H2,1-2H3,(H,16,19,20)/t8-,11?/m1/s1. The molecule has 5 nitrogen and oxygen atoms in total. The Balaban J connectivity index is 2.38. The summed E-state index contributed by atoms with van der Waals surface area (Å²) >= 11 is 3.45. The summed E-state index contributed by atoms with van der Waals surface area (Å²) in [6.45, 7) is 3.75. The second-order valence-electron chi connectivity index (χ2n) is 4.85. The highest BCUT2D eigenvalue weighted by molar-refractivity contribution is 9.10. The van der Waals surface area contributed by atoms with Crippen LogP contribution in [0.25, 0.3) is 0 Å². The van der Waals surface area contributed by atoms with Crippen LogP contribution in [0.3, 0.4) is 0 Å². The molecule has 2 N–H and O–H groups in total. The largest absolute Gasteiger partial charge is 0.389 e. The van der Waals surface area contributed by atoms with Gasteiger partial charge in [-0.15, -0.1) is 0 Å². The molecule has 0 spiro atoms. The Labute approximate surface area is 126 Å². The molecule has 1 aliphatic rings. The van der Waals surface area contributed by atoms with E-state index in [-0.39, 0.29) is 24.4 Å². The van der Waals surface area contributed by atoms with Gasteiger partial charge in [0.2, 0.25) is 11.8 Å². The maximum absolute atomic E-state index is 11.9. The number of hydrogen-bond acceptors (Lipinski definition) is 4. The van der Waals surface area contributed by atoms with Crippen molar-refractivity contribution in [1.82, 2.24) is 5.32 Å². The van der Waals surface area contributed by atoms with E-state index in [9.17, 15) is 14.7 Å². The predicted octanol–water partition coefficient (Wildman–Crippen LogP) is 1.74. The van der Waals surface area contributed by atoms with Gasteiger partial charge in [0, 0.05) is 4.47 Å². The average molecular weight is 341 g/mol. The zero-order valence-electron chi connectivity index (χ0n) is 11.4. The normalized spacial score (nSPS) is 20.8. The van der Waals surface area contributed by atoms with Crippen LogP contribution in [0.2, 0.25) is 0 Å². The summed E-state index contributed by atoms with van der Waals surface area (Å²) < 4.78 is 0.761. The number of aliphatic hydroxyl groups is 1. The van der Waals surface area contributed by atoms with Crippen molar-refractivity contribution in [2.75, 3.05) is 11.4 Å². The van der Waals surface area contributed by atoms with Gasteiger partial charge in [-0.3, -0.25) is 14.9 Å². The highest BCUT2D eigenvalue weighted by Gasteiger charge is 2.33. The van der Waals surface area contributed by atoms with Gasteiger partial charge in [-0.25, -0.2) is 0 Å². The molecule has 20 heavy (non-hydrogen) atoms. The summed E-state index contributed by atoms with van der Waals surface area (Å²) in [4.78, 5) is 25.2. The monoisotopic (exact) mass is 340 g/mol. The lowest BCUT2D eigenvalue weighted by Gasteiger charge is -2.35. The van der Waals surface area contributed by atoms with Gasteiger partial charge in [0.25, 0.3) is 0 Å². The second-order valence-corrected chi connectivity index (χ2v) is 5.71. The molecule has 108 valence electrons. The lowest BCUT2D eigenvalue weighted by molar-refractivity contribution is -0.132. The van der Waals surface area contributed by atoms with Crippen molar-refractivity contribution in [1.29, 1.82) is 0 Å². The molecular formula is C14H17BrN2O3. The molecule has 0 aliphatic carbocycles. The summed E-state index contributed by atoms with van der Waals surface area (Å²) in [5, 5.41) is 11.9. The van der Waals surface area contributed by atoms with E-state index in [2.05, 4.69) is 21.2 Å². The molecular weight excluding hydrogens is 324 g/mol. The first-order valence-corrected chi connectivity index (χ1v) is 7.31. The number of aliphatic hydroxyl groups excluding tert-OH is 1. The number of amides is 2. The number of piperazine rings is 1. The number of halogens is 1. The minimum Gasteiger partial charge on any atom is -0.389 e. The van der Waals surface area contributed by atoms with Crippen LogP contribution in [0.15, 0.2) is 22.7 Å². The van der Waals surface area contributed by atoms with Gasteiger partial charge in [-0.1, -0.05) is 13.0 Å². The molecule has 1 saturated heterocycles. The van der Waals surface area contributed by atoms with Crippen molar-refractivity contribution < 1.29 is 14.7 Å². The van der Waals surface area contributed by atoms with E-state index >= 15 is 0 Å². The lowest BCUT2D eigenvalue weighted by Crippen LogP contribution is -2.58. The fourth-order valence-corrected chi connectivity index (χ4v) is 2.97. The van der Waals surface area contributed by atoms with Crippen molar-refractivity contribution in [3.8, 4) is 0 Å². The third kappa shape index (κ3) is 2.86. The predicted molar refractivity (Wildman–Crippen MR) is 79.4 cm³/mol. The molecule has 1 fully saturated rings. The maximum atomic E-state index is 11.9. The third-order valence-electron chi connectivity index (χ3n) is 3.41. The van der Waals surface area contributed by atoms with Gasteiger partial charge in [0.1, 0.15) is 6.04 Å².